The van der Waals surface area contributed by atoms with Crippen LogP contribution in [-0.2, 0) is 9.53 Å². The molecule has 0 aromatic heterocycles. The second-order valence-corrected chi connectivity index (χ2v) is 7.46. The maximum Gasteiger partial charge on any atom is 0.254 e. The van der Waals surface area contributed by atoms with E-state index in [2.05, 4.69) is 11.4 Å². The average Bonchev–Trinajstić information content (AvgIpc) is 2.73. The molecule has 0 saturated carbocycles. The van der Waals surface area contributed by atoms with Crippen LogP contribution in [0.25, 0.3) is 0 Å². The van der Waals surface area contributed by atoms with Crippen LogP contribution in [0.2, 0.25) is 0 Å². The predicted molar refractivity (Wildman–Crippen MR) is 109 cm³/mol. The van der Waals surface area contributed by atoms with Crippen molar-refractivity contribution >= 4 is 11.8 Å². The number of benzene rings is 2. The first-order chi connectivity index (χ1) is 14.0. The molecule has 1 aliphatic heterocycles. The van der Waals surface area contributed by atoms with E-state index in [4.69, 9.17) is 4.74 Å². The van der Waals surface area contributed by atoms with Crippen molar-refractivity contribution in [2.75, 3.05) is 26.8 Å². The molecule has 5 nitrogen and oxygen atoms in total. The minimum atomic E-state index is -0.450. The fraction of sp³-hybridized carbons (Fsp3) is 0.391. The van der Waals surface area contributed by atoms with Gasteiger partial charge >= 0.3 is 0 Å². The van der Waals surface area contributed by atoms with Gasteiger partial charge in [0.1, 0.15) is 5.82 Å². The van der Waals surface area contributed by atoms with Gasteiger partial charge in [0, 0.05) is 25.8 Å². The van der Waals surface area contributed by atoms with Gasteiger partial charge in [-0.1, -0.05) is 35.9 Å². The molecule has 0 aliphatic carbocycles. The molecule has 3 rings (SSSR count). The van der Waals surface area contributed by atoms with Crippen LogP contribution >= 0.6 is 0 Å². The molecule has 6 heteroatoms. The van der Waals surface area contributed by atoms with E-state index in [0.29, 0.717) is 38.1 Å². The van der Waals surface area contributed by atoms with Gasteiger partial charge in [-0.25, -0.2) is 4.39 Å². The number of aryl methyl sites for hydroxylation is 1. The molecule has 1 aliphatic rings. The number of hydrogen-bond donors (Lipinski definition) is 1. The number of amides is 2. The molecule has 29 heavy (non-hydrogen) atoms. The van der Waals surface area contributed by atoms with E-state index >= 15 is 0 Å². The number of carbonyl (C=O) groups excluding carboxylic acids is 2. The number of nitrogens with one attached hydrogen (secondary N) is 1. The Hall–Kier alpha value is -2.73. The minimum Gasteiger partial charge on any atom is -0.383 e. The topological polar surface area (TPSA) is 58.6 Å². The molecule has 0 bridgehead atoms. The summed E-state index contributed by atoms with van der Waals surface area (Å²) in [6.45, 7) is 3.19. The van der Waals surface area contributed by atoms with E-state index in [1.807, 2.05) is 25.1 Å². The lowest BCUT2D eigenvalue weighted by Gasteiger charge is -2.39. The summed E-state index contributed by atoms with van der Waals surface area (Å²) < 4.78 is 18.7. The van der Waals surface area contributed by atoms with Gasteiger partial charge in [0.25, 0.3) is 5.91 Å². The van der Waals surface area contributed by atoms with Crippen LogP contribution in [0.15, 0.2) is 48.5 Å². The maximum atomic E-state index is 13.7. The second kappa shape index (κ2) is 9.65. The van der Waals surface area contributed by atoms with Crippen molar-refractivity contribution in [3.05, 3.63) is 71.0 Å². The molecule has 154 valence electrons. The van der Waals surface area contributed by atoms with E-state index in [9.17, 15) is 14.0 Å². The number of hydrogen-bond acceptors (Lipinski definition) is 3. The molecule has 2 unspecified atom stereocenters. The van der Waals surface area contributed by atoms with Gasteiger partial charge in [0.05, 0.1) is 18.6 Å². The van der Waals surface area contributed by atoms with Crippen LogP contribution in [0.4, 0.5) is 4.39 Å². The van der Waals surface area contributed by atoms with E-state index in [0.717, 1.165) is 11.1 Å². The van der Waals surface area contributed by atoms with Crippen molar-refractivity contribution in [2.45, 2.75) is 25.8 Å². The maximum absolute atomic E-state index is 13.7. The summed E-state index contributed by atoms with van der Waals surface area (Å²) in [5.41, 5.74) is 2.44. The van der Waals surface area contributed by atoms with Gasteiger partial charge in [-0.15, -0.1) is 0 Å². The Morgan fingerprint density at radius 2 is 1.97 bits per heavy atom. The van der Waals surface area contributed by atoms with Crippen LogP contribution in [0.1, 0.15) is 40.4 Å². The van der Waals surface area contributed by atoms with Gasteiger partial charge in [-0.05, 0) is 43.5 Å². The summed E-state index contributed by atoms with van der Waals surface area (Å²) in [6.07, 6.45) is 1.36. The van der Waals surface area contributed by atoms with Crippen molar-refractivity contribution in [3.63, 3.8) is 0 Å². The Labute approximate surface area is 170 Å². The average molecular weight is 398 g/mol. The van der Waals surface area contributed by atoms with Crippen molar-refractivity contribution < 1.29 is 18.7 Å². The molecule has 0 spiro atoms. The number of nitrogens with zero attached hydrogens (tertiary/aromatic N) is 1. The van der Waals surface area contributed by atoms with Crippen LogP contribution in [0.5, 0.6) is 0 Å². The van der Waals surface area contributed by atoms with Gasteiger partial charge in [0.2, 0.25) is 5.91 Å². The molecule has 2 aromatic rings. The zero-order valence-corrected chi connectivity index (χ0v) is 16.9. The lowest BCUT2D eigenvalue weighted by atomic mass is 9.87. The van der Waals surface area contributed by atoms with Crippen molar-refractivity contribution in [2.24, 2.45) is 5.92 Å². The molecule has 1 fully saturated rings. The van der Waals surface area contributed by atoms with E-state index < -0.39 is 5.82 Å². The molecule has 1 N–H and O–H groups in total. The fourth-order valence-corrected chi connectivity index (χ4v) is 3.84. The van der Waals surface area contributed by atoms with E-state index in [-0.39, 0.29) is 23.8 Å². The molecule has 0 radical (unpaired) electrons. The Bertz CT molecular complexity index is 871. The number of ether oxygens (including phenoxy) is 1. The molecule has 1 saturated heterocycles. The lowest BCUT2D eigenvalue weighted by molar-refractivity contribution is -0.127. The highest BCUT2D eigenvalue weighted by Gasteiger charge is 2.36. The summed E-state index contributed by atoms with van der Waals surface area (Å²) in [6, 6.07) is 13.6. The number of likely N-dealkylation sites (tertiary alicyclic amines) is 1. The summed E-state index contributed by atoms with van der Waals surface area (Å²) in [7, 11) is 1.58. The number of piperidine rings is 1. The van der Waals surface area contributed by atoms with E-state index in [1.165, 1.54) is 18.2 Å². The molecular formula is C23H27FN2O3. The van der Waals surface area contributed by atoms with E-state index in [1.54, 1.807) is 18.1 Å². The highest BCUT2D eigenvalue weighted by atomic mass is 19.1. The van der Waals surface area contributed by atoms with Crippen molar-refractivity contribution in [1.29, 1.82) is 0 Å². The second-order valence-electron chi connectivity index (χ2n) is 7.46. The summed E-state index contributed by atoms with van der Waals surface area (Å²) in [5.74, 6) is -1.09. The van der Waals surface area contributed by atoms with Gasteiger partial charge in [-0.2, -0.15) is 0 Å². The number of halogens is 1. The highest BCUT2D eigenvalue weighted by Crippen LogP contribution is 2.35. The zero-order valence-electron chi connectivity index (χ0n) is 16.9. The van der Waals surface area contributed by atoms with Crippen LogP contribution in [-0.4, -0.2) is 43.5 Å². The number of rotatable bonds is 6. The first kappa shape index (κ1) is 21.0. The van der Waals surface area contributed by atoms with Gasteiger partial charge < -0.3 is 15.0 Å². The van der Waals surface area contributed by atoms with Crippen LogP contribution < -0.4 is 5.32 Å². The normalized spacial score (nSPS) is 19.1. The Balaban J connectivity index is 1.85. The third-order valence-electron chi connectivity index (χ3n) is 5.32. The third kappa shape index (κ3) is 5.21. The largest absolute Gasteiger partial charge is 0.383 e. The van der Waals surface area contributed by atoms with Crippen molar-refractivity contribution in [1.82, 2.24) is 10.2 Å². The summed E-state index contributed by atoms with van der Waals surface area (Å²) in [4.78, 5) is 27.5. The standard InChI is InChI=1S/C23H27FN2O3/c1-16-5-3-6-17(13-16)21-10-9-19(22(27)25-11-12-29-2)15-26(21)23(28)18-7-4-8-20(24)14-18/h3-8,13-14,19,21H,9-12,15H2,1-2H3,(H,25,27). The Morgan fingerprint density at radius 1 is 1.17 bits per heavy atom. The first-order valence-corrected chi connectivity index (χ1v) is 9.89. The third-order valence-corrected chi connectivity index (χ3v) is 5.32. The lowest BCUT2D eigenvalue weighted by Crippen LogP contribution is -2.47. The quantitative estimate of drug-likeness (QED) is 0.758. The number of carbonyl (C=O) groups is 2. The zero-order chi connectivity index (χ0) is 20.8. The predicted octanol–water partition coefficient (Wildman–Crippen LogP) is 3.49. The smallest absolute Gasteiger partial charge is 0.254 e. The Kier molecular flexibility index (Phi) is 6.99. The molecule has 2 amide bonds. The minimum absolute atomic E-state index is 0.0817. The van der Waals surface area contributed by atoms with Gasteiger partial charge in [0.15, 0.2) is 0 Å². The molecule has 1 heterocycles. The molecular weight excluding hydrogens is 371 g/mol. The fourth-order valence-electron chi connectivity index (χ4n) is 3.84. The van der Waals surface area contributed by atoms with Crippen molar-refractivity contribution in [3.8, 4) is 0 Å². The summed E-state index contributed by atoms with van der Waals surface area (Å²) >= 11 is 0. The Morgan fingerprint density at radius 3 is 2.69 bits per heavy atom. The summed E-state index contributed by atoms with van der Waals surface area (Å²) in [5, 5.41) is 2.86. The highest BCUT2D eigenvalue weighted by molar-refractivity contribution is 5.95. The van der Waals surface area contributed by atoms with Crippen LogP contribution in [0, 0.1) is 18.7 Å². The number of methoxy groups -OCH3 is 1. The molecule has 2 aromatic carbocycles. The van der Waals surface area contributed by atoms with Gasteiger partial charge in [-0.3, -0.25) is 9.59 Å². The monoisotopic (exact) mass is 398 g/mol. The van der Waals surface area contributed by atoms with Crippen LogP contribution in [0.3, 0.4) is 0 Å². The first-order valence-electron chi connectivity index (χ1n) is 9.89. The molecule has 2 atom stereocenters. The SMILES string of the molecule is COCCNC(=O)C1CCC(c2cccc(C)c2)N(C(=O)c2cccc(F)c2)C1.